The third-order valence-electron chi connectivity index (χ3n) is 4.13. The Bertz CT molecular complexity index is 957. The molecule has 0 amide bonds. The summed E-state index contributed by atoms with van der Waals surface area (Å²) >= 11 is 3.48. The van der Waals surface area contributed by atoms with Crippen LogP contribution >= 0.6 is 15.9 Å². The van der Waals surface area contributed by atoms with Crippen molar-refractivity contribution >= 4 is 49.6 Å². The van der Waals surface area contributed by atoms with Crippen LogP contribution in [0.15, 0.2) is 83.3 Å². The lowest BCUT2D eigenvalue weighted by molar-refractivity contribution is 1.62. The standard InChI is InChI=1S/C22H15Br/c23-19-12-9-16(10-13-19)11-14-22-20-7-3-1-5-17(20)15-18-6-2-4-8-21(18)22/h1-15H/b14-11+. The summed E-state index contributed by atoms with van der Waals surface area (Å²) in [5.74, 6) is 0. The van der Waals surface area contributed by atoms with Crippen LogP contribution in [0, 0.1) is 0 Å². The van der Waals surface area contributed by atoms with E-state index < -0.39 is 0 Å². The van der Waals surface area contributed by atoms with Crippen molar-refractivity contribution in [1.29, 1.82) is 0 Å². The van der Waals surface area contributed by atoms with Crippen LogP contribution in [0.2, 0.25) is 0 Å². The van der Waals surface area contributed by atoms with Crippen molar-refractivity contribution in [2.45, 2.75) is 0 Å². The Morgan fingerprint density at radius 3 is 1.78 bits per heavy atom. The zero-order valence-electron chi connectivity index (χ0n) is 12.5. The van der Waals surface area contributed by atoms with Crippen LogP contribution in [-0.4, -0.2) is 0 Å². The van der Waals surface area contributed by atoms with Crippen molar-refractivity contribution < 1.29 is 0 Å². The van der Waals surface area contributed by atoms with Gasteiger partial charge in [0.1, 0.15) is 0 Å². The molecule has 4 aromatic carbocycles. The fourth-order valence-corrected chi connectivity index (χ4v) is 3.25. The lowest BCUT2D eigenvalue weighted by Gasteiger charge is -2.08. The Morgan fingerprint density at radius 1 is 0.609 bits per heavy atom. The maximum atomic E-state index is 3.48. The van der Waals surface area contributed by atoms with Crippen LogP contribution in [0.25, 0.3) is 33.7 Å². The molecule has 0 nitrogen and oxygen atoms in total. The first-order valence-corrected chi connectivity index (χ1v) is 8.45. The van der Waals surface area contributed by atoms with E-state index in [4.69, 9.17) is 0 Å². The third-order valence-corrected chi connectivity index (χ3v) is 4.65. The molecule has 0 atom stereocenters. The molecule has 0 aliphatic heterocycles. The second-order valence-corrected chi connectivity index (χ2v) is 6.53. The van der Waals surface area contributed by atoms with Crippen molar-refractivity contribution in [2.24, 2.45) is 0 Å². The molecule has 0 radical (unpaired) electrons. The van der Waals surface area contributed by atoms with Crippen molar-refractivity contribution in [1.82, 2.24) is 0 Å². The summed E-state index contributed by atoms with van der Waals surface area (Å²) in [7, 11) is 0. The van der Waals surface area contributed by atoms with Gasteiger partial charge in [0.05, 0.1) is 0 Å². The van der Waals surface area contributed by atoms with Crippen molar-refractivity contribution in [3.63, 3.8) is 0 Å². The Labute approximate surface area is 144 Å². The summed E-state index contributed by atoms with van der Waals surface area (Å²) in [6.45, 7) is 0. The van der Waals surface area contributed by atoms with E-state index in [0.29, 0.717) is 0 Å². The molecule has 0 heterocycles. The number of hydrogen-bond acceptors (Lipinski definition) is 0. The maximum absolute atomic E-state index is 3.48. The highest BCUT2D eigenvalue weighted by Gasteiger charge is 2.04. The smallest absolute Gasteiger partial charge is 0.0175 e. The van der Waals surface area contributed by atoms with Crippen molar-refractivity contribution in [3.05, 3.63) is 94.5 Å². The summed E-state index contributed by atoms with van der Waals surface area (Å²) in [5.41, 5.74) is 2.48. The lowest BCUT2D eigenvalue weighted by Crippen LogP contribution is -1.83. The van der Waals surface area contributed by atoms with Gasteiger partial charge in [-0.2, -0.15) is 0 Å². The minimum Gasteiger partial charge on any atom is -0.0616 e. The van der Waals surface area contributed by atoms with Gasteiger partial charge in [-0.05, 0) is 50.9 Å². The van der Waals surface area contributed by atoms with Gasteiger partial charge >= 0.3 is 0 Å². The SMILES string of the molecule is Brc1ccc(/C=C/c2c3ccccc3cc3ccccc23)cc1. The molecule has 4 rings (SSSR count). The predicted molar refractivity (Wildman–Crippen MR) is 105 cm³/mol. The highest BCUT2D eigenvalue weighted by Crippen LogP contribution is 2.30. The summed E-state index contributed by atoms with van der Waals surface area (Å²) in [6.07, 6.45) is 4.41. The fourth-order valence-electron chi connectivity index (χ4n) is 2.98. The fraction of sp³-hybridized carbons (Fsp3) is 0. The Morgan fingerprint density at radius 2 is 1.17 bits per heavy atom. The monoisotopic (exact) mass is 358 g/mol. The number of hydrogen-bond donors (Lipinski definition) is 0. The normalized spacial score (nSPS) is 11.5. The van der Waals surface area contributed by atoms with E-state index >= 15 is 0 Å². The van der Waals surface area contributed by atoms with Gasteiger partial charge in [-0.3, -0.25) is 0 Å². The molecule has 1 heteroatoms. The topological polar surface area (TPSA) is 0 Å². The molecular formula is C22H15Br. The van der Waals surface area contributed by atoms with Gasteiger partial charge in [-0.1, -0.05) is 88.7 Å². The average molecular weight is 359 g/mol. The highest BCUT2D eigenvalue weighted by atomic mass is 79.9. The van der Waals surface area contributed by atoms with Gasteiger partial charge in [-0.15, -0.1) is 0 Å². The molecular weight excluding hydrogens is 344 g/mol. The molecule has 0 aromatic heterocycles. The van der Waals surface area contributed by atoms with Crippen molar-refractivity contribution in [2.75, 3.05) is 0 Å². The Balaban J connectivity index is 1.93. The van der Waals surface area contributed by atoms with Crippen LogP contribution < -0.4 is 0 Å². The number of rotatable bonds is 2. The zero-order chi connectivity index (χ0) is 15.6. The minimum absolute atomic E-state index is 1.10. The van der Waals surface area contributed by atoms with E-state index in [2.05, 4.69) is 107 Å². The third kappa shape index (κ3) is 2.80. The maximum Gasteiger partial charge on any atom is 0.0175 e. The molecule has 0 saturated heterocycles. The molecule has 0 bridgehead atoms. The molecule has 0 aliphatic carbocycles. The van der Waals surface area contributed by atoms with Crippen LogP contribution in [-0.2, 0) is 0 Å². The zero-order valence-corrected chi connectivity index (χ0v) is 14.1. The van der Waals surface area contributed by atoms with Gasteiger partial charge < -0.3 is 0 Å². The summed E-state index contributed by atoms with van der Waals surface area (Å²) < 4.78 is 1.10. The van der Waals surface area contributed by atoms with Gasteiger partial charge in [-0.25, -0.2) is 0 Å². The van der Waals surface area contributed by atoms with Crippen LogP contribution in [0.3, 0.4) is 0 Å². The molecule has 4 aromatic rings. The van der Waals surface area contributed by atoms with Crippen LogP contribution in [0.4, 0.5) is 0 Å². The Hall–Kier alpha value is -2.38. The van der Waals surface area contributed by atoms with Crippen LogP contribution in [0.5, 0.6) is 0 Å². The molecule has 0 fully saturated rings. The average Bonchev–Trinajstić information content (AvgIpc) is 2.60. The predicted octanol–water partition coefficient (Wildman–Crippen LogP) is 6.93. The molecule has 0 saturated carbocycles. The quantitative estimate of drug-likeness (QED) is 0.269. The second kappa shape index (κ2) is 6.02. The molecule has 0 unspecified atom stereocenters. The van der Waals surface area contributed by atoms with Gasteiger partial charge in [0.2, 0.25) is 0 Å². The summed E-state index contributed by atoms with van der Waals surface area (Å²) in [6, 6.07) is 27.8. The van der Waals surface area contributed by atoms with Crippen molar-refractivity contribution in [3.8, 4) is 0 Å². The summed E-state index contributed by atoms with van der Waals surface area (Å²) in [4.78, 5) is 0. The van der Waals surface area contributed by atoms with E-state index in [1.807, 2.05) is 0 Å². The second-order valence-electron chi connectivity index (χ2n) is 5.62. The van der Waals surface area contributed by atoms with E-state index in [-0.39, 0.29) is 0 Å². The van der Waals surface area contributed by atoms with E-state index in [1.54, 1.807) is 0 Å². The number of benzene rings is 4. The van der Waals surface area contributed by atoms with Gasteiger partial charge in [0, 0.05) is 4.47 Å². The lowest BCUT2D eigenvalue weighted by atomic mass is 9.96. The van der Waals surface area contributed by atoms with E-state index in [9.17, 15) is 0 Å². The van der Waals surface area contributed by atoms with Gasteiger partial charge in [0.25, 0.3) is 0 Å². The first-order chi connectivity index (χ1) is 11.3. The van der Waals surface area contributed by atoms with Gasteiger partial charge in [0.15, 0.2) is 0 Å². The van der Waals surface area contributed by atoms with E-state index in [1.165, 1.54) is 32.7 Å². The number of halogens is 1. The first-order valence-electron chi connectivity index (χ1n) is 7.65. The molecule has 0 spiro atoms. The molecule has 23 heavy (non-hydrogen) atoms. The molecule has 110 valence electrons. The van der Waals surface area contributed by atoms with Crippen LogP contribution in [0.1, 0.15) is 11.1 Å². The largest absolute Gasteiger partial charge is 0.0616 e. The molecule has 0 aliphatic rings. The number of fused-ring (bicyclic) bond motifs is 2. The van der Waals surface area contributed by atoms with E-state index in [0.717, 1.165) is 4.47 Å². The minimum atomic E-state index is 1.10. The first kappa shape index (κ1) is 14.2. The highest BCUT2D eigenvalue weighted by molar-refractivity contribution is 9.10. The molecule has 0 N–H and O–H groups in total. The Kier molecular flexibility index (Phi) is 3.72. The summed E-state index contributed by atoms with van der Waals surface area (Å²) in [5, 5.41) is 5.14.